The van der Waals surface area contributed by atoms with Gasteiger partial charge >= 0.3 is 6.09 Å². The van der Waals surface area contributed by atoms with Gasteiger partial charge in [0.1, 0.15) is 11.5 Å². The van der Waals surface area contributed by atoms with E-state index in [-0.39, 0.29) is 11.9 Å². The van der Waals surface area contributed by atoms with Gasteiger partial charge in [0.2, 0.25) is 5.91 Å². The van der Waals surface area contributed by atoms with Gasteiger partial charge in [-0.3, -0.25) is 9.36 Å². The number of aromatic nitrogens is 1. The predicted octanol–water partition coefficient (Wildman–Crippen LogP) is 5.72. The smallest absolute Gasteiger partial charge is 0.416 e. The lowest BCUT2D eigenvalue weighted by Crippen LogP contribution is -2.32. The number of para-hydroxylation sites is 2. The number of rotatable bonds is 7. The first-order valence-corrected chi connectivity index (χ1v) is 10.6. The van der Waals surface area contributed by atoms with Crippen LogP contribution >= 0.6 is 0 Å². The molecule has 33 heavy (non-hydrogen) atoms. The van der Waals surface area contributed by atoms with Crippen LogP contribution < -0.4 is 10.1 Å². The first kappa shape index (κ1) is 21.9. The molecular formula is C27H24N2O4. The zero-order valence-corrected chi connectivity index (χ0v) is 18.1. The fourth-order valence-corrected chi connectivity index (χ4v) is 3.69. The summed E-state index contributed by atoms with van der Waals surface area (Å²) in [5.74, 6) is 1.27. The zero-order chi connectivity index (χ0) is 23.2. The molecule has 4 aromatic rings. The molecule has 4 rings (SSSR count). The molecule has 1 amide bonds. The van der Waals surface area contributed by atoms with Crippen molar-refractivity contribution in [2.45, 2.75) is 19.4 Å². The molecule has 0 saturated heterocycles. The van der Waals surface area contributed by atoms with Crippen molar-refractivity contribution in [2.75, 3.05) is 0 Å². The number of ether oxygens (including phenoxy) is 1. The molecule has 1 heterocycles. The Hall–Kier alpha value is -4.32. The summed E-state index contributed by atoms with van der Waals surface area (Å²) in [5, 5.41) is 13.2. The van der Waals surface area contributed by atoms with Crippen molar-refractivity contribution in [2.24, 2.45) is 0 Å². The van der Waals surface area contributed by atoms with Crippen LogP contribution in [0, 0.1) is 0 Å². The third-order valence-corrected chi connectivity index (χ3v) is 5.20. The van der Waals surface area contributed by atoms with Gasteiger partial charge in [0.25, 0.3) is 0 Å². The third kappa shape index (κ3) is 5.49. The van der Waals surface area contributed by atoms with Crippen molar-refractivity contribution < 1.29 is 19.4 Å². The van der Waals surface area contributed by atoms with E-state index >= 15 is 0 Å². The van der Waals surface area contributed by atoms with E-state index in [0.29, 0.717) is 11.9 Å². The van der Waals surface area contributed by atoms with Gasteiger partial charge in [-0.2, -0.15) is 0 Å². The first-order valence-electron chi connectivity index (χ1n) is 10.6. The minimum absolute atomic E-state index is 0.170. The van der Waals surface area contributed by atoms with Crippen LogP contribution in [0.3, 0.4) is 0 Å². The van der Waals surface area contributed by atoms with Gasteiger partial charge in [0, 0.05) is 23.7 Å². The van der Waals surface area contributed by atoms with E-state index < -0.39 is 6.09 Å². The summed E-state index contributed by atoms with van der Waals surface area (Å²) in [5.41, 5.74) is 2.39. The average Bonchev–Trinajstić information content (AvgIpc) is 3.18. The normalized spacial score (nSPS) is 12.0. The number of amides is 1. The maximum Gasteiger partial charge on any atom is 0.416 e. The van der Waals surface area contributed by atoms with Crippen LogP contribution in [-0.2, 0) is 11.2 Å². The molecule has 2 N–H and O–H groups in total. The summed E-state index contributed by atoms with van der Waals surface area (Å²) in [6.45, 7) is 1.90. The number of nitrogens with one attached hydrogen (secondary N) is 1. The van der Waals surface area contributed by atoms with Gasteiger partial charge in [-0.05, 0) is 60.9 Å². The Bertz CT molecular complexity index is 1290. The average molecular weight is 440 g/mol. The van der Waals surface area contributed by atoms with E-state index in [9.17, 15) is 14.7 Å². The van der Waals surface area contributed by atoms with Crippen LogP contribution in [0.5, 0.6) is 11.5 Å². The van der Waals surface area contributed by atoms with Crippen molar-refractivity contribution >= 4 is 29.0 Å². The number of fused-ring (bicyclic) bond motifs is 1. The van der Waals surface area contributed by atoms with E-state index in [1.54, 1.807) is 18.3 Å². The Kier molecular flexibility index (Phi) is 6.55. The van der Waals surface area contributed by atoms with Crippen LogP contribution in [0.2, 0.25) is 0 Å². The second-order valence-corrected chi connectivity index (χ2v) is 7.76. The van der Waals surface area contributed by atoms with Gasteiger partial charge in [0.05, 0.1) is 5.52 Å². The maximum atomic E-state index is 12.4. The third-order valence-electron chi connectivity index (χ3n) is 5.20. The predicted molar refractivity (Wildman–Crippen MR) is 129 cm³/mol. The summed E-state index contributed by atoms with van der Waals surface area (Å²) >= 11 is 0. The molecule has 1 atom stereocenters. The zero-order valence-electron chi connectivity index (χ0n) is 18.1. The SMILES string of the molecule is C[C@H](Cc1cn(C(=O)O)c2ccccc12)NC(=O)C=Cc1ccc(Oc2ccccc2)cc1. The molecule has 6 heteroatoms. The highest BCUT2D eigenvalue weighted by Gasteiger charge is 2.15. The topological polar surface area (TPSA) is 80.6 Å². The molecule has 0 aliphatic carbocycles. The molecule has 0 spiro atoms. The molecule has 0 unspecified atom stereocenters. The summed E-state index contributed by atoms with van der Waals surface area (Å²) < 4.78 is 6.99. The second kappa shape index (κ2) is 9.87. The molecule has 6 nitrogen and oxygen atoms in total. The largest absolute Gasteiger partial charge is 0.464 e. The van der Waals surface area contributed by atoms with Gasteiger partial charge in [-0.15, -0.1) is 0 Å². The second-order valence-electron chi connectivity index (χ2n) is 7.76. The molecule has 0 bridgehead atoms. The van der Waals surface area contributed by atoms with Crippen LogP contribution in [0.1, 0.15) is 18.1 Å². The fraction of sp³-hybridized carbons (Fsp3) is 0.111. The minimum Gasteiger partial charge on any atom is -0.464 e. The standard InChI is InChI=1S/C27H24N2O4/c1-19(17-21-18-29(27(31)32)25-10-6-5-9-24(21)25)28-26(30)16-13-20-11-14-23(15-12-20)33-22-7-3-2-4-8-22/h2-16,18-19H,17H2,1H3,(H,28,30)(H,31,32)/t19-/m1/s1. The number of hydrogen-bond acceptors (Lipinski definition) is 3. The molecule has 1 aromatic heterocycles. The number of benzene rings is 3. The summed E-state index contributed by atoms with van der Waals surface area (Å²) in [4.78, 5) is 23.9. The fourth-order valence-electron chi connectivity index (χ4n) is 3.69. The Morgan fingerprint density at radius 1 is 0.970 bits per heavy atom. The Labute approximate surface area is 191 Å². The summed E-state index contributed by atoms with van der Waals surface area (Å²) in [6.07, 6.45) is 4.34. The van der Waals surface area contributed by atoms with Crippen molar-refractivity contribution in [3.63, 3.8) is 0 Å². The van der Waals surface area contributed by atoms with Crippen molar-refractivity contribution in [3.05, 3.63) is 102 Å². The highest BCUT2D eigenvalue weighted by molar-refractivity contribution is 5.93. The van der Waals surface area contributed by atoms with Crippen LogP contribution in [0.25, 0.3) is 17.0 Å². The van der Waals surface area contributed by atoms with Gasteiger partial charge in [-0.1, -0.05) is 48.5 Å². The molecule has 0 radical (unpaired) electrons. The van der Waals surface area contributed by atoms with Gasteiger partial charge in [-0.25, -0.2) is 4.79 Å². The molecule has 0 saturated carbocycles. The van der Waals surface area contributed by atoms with E-state index in [0.717, 1.165) is 28.0 Å². The van der Waals surface area contributed by atoms with Crippen LogP contribution in [-0.4, -0.2) is 27.7 Å². The monoisotopic (exact) mass is 440 g/mol. The molecule has 0 aliphatic heterocycles. The van der Waals surface area contributed by atoms with Crippen molar-refractivity contribution in [1.29, 1.82) is 0 Å². The molecule has 166 valence electrons. The maximum absolute atomic E-state index is 12.4. The van der Waals surface area contributed by atoms with E-state index in [1.807, 2.05) is 79.7 Å². The van der Waals surface area contributed by atoms with Crippen molar-refractivity contribution in [1.82, 2.24) is 9.88 Å². The van der Waals surface area contributed by atoms with E-state index in [2.05, 4.69) is 5.32 Å². The number of hydrogen-bond donors (Lipinski definition) is 2. The number of carboxylic acid groups (broad SMARTS) is 1. The highest BCUT2D eigenvalue weighted by atomic mass is 16.5. The lowest BCUT2D eigenvalue weighted by molar-refractivity contribution is -0.117. The number of carbonyl (C=O) groups is 2. The number of nitrogens with zero attached hydrogens (tertiary/aromatic N) is 1. The molecule has 3 aromatic carbocycles. The van der Waals surface area contributed by atoms with Crippen molar-refractivity contribution in [3.8, 4) is 11.5 Å². The lowest BCUT2D eigenvalue weighted by atomic mass is 10.1. The van der Waals surface area contributed by atoms with E-state index in [1.165, 1.54) is 10.6 Å². The Morgan fingerprint density at radius 3 is 2.36 bits per heavy atom. The Balaban J connectivity index is 1.35. The van der Waals surface area contributed by atoms with Gasteiger partial charge < -0.3 is 15.2 Å². The number of carbonyl (C=O) groups excluding carboxylic acids is 1. The summed E-state index contributed by atoms with van der Waals surface area (Å²) in [7, 11) is 0. The highest BCUT2D eigenvalue weighted by Crippen LogP contribution is 2.23. The first-order chi connectivity index (χ1) is 16.0. The lowest BCUT2D eigenvalue weighted by Gasteiger charge is -2.12. The summed E-state index contributed by atoms with van der Waals surface area (Å²) in [6, 6.07) is 24.2. The van der Waals surface area contributed by atoms with E-state index in [4.69, 9.17) is 4.74 Å². The van der Waals surface area contributed by atoms with Crippen LogP contribution in [0.4, 0.5) is 4.79 Å². The molecule has 0 fully saturated rings. The van der Waals surface area contributed by atoms with Crippen LogP contribution in [0.15, 0.2) is 91.1 Å². The molecular weight excluding hydrogens is 416 g/mol. The Morgan fingerprint density at radius 2 is 1.64 bits per heavy atom. The molecule has 0 aliphatic rings. The van der Waals surface area contributed by atoms with Gasteiger partial charge in [0.15, 0.2) is 0 Å². The quantitative estimate of drug-likeness (QED) is 0.360. The minimum atomic E-state index is -1.03.